The Kier molecular flexibility index (Phi) is 4.43. The molecule has 0 aliphatic heterocycles. The quantitative estimate of drug-likeness (QED) is 0.917. The Morgan fingerprint density at radius 3 is 2.75 bits per heavy atom. The van der Waals surface area contributed by atoms with Gasteiger partial charge in [-0.1, -0.05) is 6.07 Å². The minimum Gasteiger partial charge on any atom is -0.472 e. The number of hydrogen-bond donors (Lipinski definition) is 1. The van der Waals surface area contributed by atoms with Crippen LogP contribution in [0.1, 0.15) is 17.5 Å². The first-order chi connectivity index (χ1) is 9.49. The van der Waals surface area contributed by atoms with E-state index in [-0.39, 0.29) is 18.4 Å². The second-order valence-corrected chi connectivity index (χ2v) is 4.84. The molecule has 108 valence electrons. The molecular formula is C12H12F3N3OS. The number of alkyl halides is 3. The van der Waals surface area contributed by atoms with Gasteiger partial charge in [0.2, 0.25) is 11.8 Å². The van der Waals surface area contributed by atoms with Gasteiger partial charge in [0.15, 0.2) is 5.69 Å². The van der Waals surface area contributed by atoms with Crippen molar-refractivity contribution in [3.05, 3.63) is 34.2 Å². The van der Waals surface area contributed by atoms with E-state index in [1.54, 1.807) is 6.92 Å². The van der Waals surface area contributed by atoms with Crippen LogP contribution in [-0.4, -0.2) is 16.5 Å². The lowest BCUT2D eigenvalue weighted by Crippen LogP contribution is -2.13. The molecule has 8 heteroatoms. The average Bonchev–Trinajstić information content (AvgIpc) is 2.88. The van der Waals surface area contributed by atoms with E-state index in [1.165, 1.54) is 11.3 Å². The van der Waals surface area contributed by atoms with E-state index in [1.807, 2.05) is 17.5 Å². The predicted octanol–water partition coefficient (Wildman–Crippen LogP) is 3.57. The van der Waals surface area contributed by atoms with Crippen molar-refractivity contribution in [2.24, 2.45) is 0 Å². The van der Waals surface area contributed by atoms with Crippen molar-refractivity contribution in [3.8, 4) is 5.88 Å². The Morgan fingerprint density at radius 1 is 1.35 bits per heavy atom. The topological polar surface area (TPSA) is 47.0 Å². The molecule has 2 rings (SSSR count). The van der Waals surface area contributed by atoms with Gasteiger partial charge in [0.05, 0.1) is 0 Å². The number of halogens is 3. The Morgan fingerprint density at radius 2 is 2.15 bits per heavy atom. The summed E-state index contributed by atoms with van der Waals surface area (Å²) in [4.78, 5) is 8.22. The molecule has 0 unspecified atom stereocenters. The molecule has 0 spiro atoms. The maximum absolute atomic E-state index is 12.7. The van der Waals surface area contributed by atoms with E-state index in [4.69, 9.17) is 4.74 Å². The number of aromatic nitrogens is 2. The Hall–Kier alpha value is -1.83. The van der Waals surface area contributed by atoms with Gasteiger partial charge in [0.25, 0.3) is 0 Å². The van der Waals surface area contributed by atoms with Crippen molar-refractivity contribution in [2.45, 2.75) is 19.7 Å². The zero-order valence-electron chi connectivity index (χ0n) is 10.6. The fourth-order valence-electron chi connectivity index (χ4n) is 1.42. The van der Waals surface area contributed by atoms with Gasteiger partial charge < -0.3 is 10.1 Å². The summed E-state index contributed by atoms with van der Waals surface area (Å²) in [5.74, 6) is -0.194. The number of nitrogens with zero attached hydrogens (tertiary/aromatic N) is 2. The highest BCUT2D eigenvalue weighted by Crippen LogP contribution is 2.30. The lowest BCUT2D eigenvalue weighted by molar-refractivity contribution is -0.141. The normalized spacial score (nSPS) is 11.4. The molecule has 2 aromatic rings. The summed E-state index contributed by atoms with van der Waals surface area (Å²) in [6.07, 6.45) is -4.53. The zero-order chi connectivity index (χ0) is 14.6. The van der Waals surface area contributed by atoms with Crippen LogP contribution in [0.4, 0.5) is 19.1 Å². The van der Waals surface area contributed by atoms with Gasteiger partial charge in [-0.2, -0.15) is 18.2 Å². The molecular weight excluding hydrogens is 291 g/mol. The van der Waals surface area contributed by atoms with Crippen LogP contribution in [0.15, 0.2) is 23.6 Å². The van der Waals surface area contributed by atoms with Gasteiger partial charge in [-0.3, -0.25) is 0 Å². The van der Waals surface area contributed by atoms with Gasteiger partial charge in [-0.05, 0) is 18.4 Å². The van der Waals surface area contributed by atoms with Crippen LogP contribution < -0.4 is 10.1 Å². The Balaban J connectivity index is 2.20. The molecule has 0 bridgehead atoms. The number of nitrogens with one attached hydrogen (secondary N) is 1. The SMILES string of the molecule is CCNc1nc(OCc2cccs2)cc(C(F)(F)F)n1. The third kappa shape index (κ3) is 3.83. The summed E-state index contributed by atoms with van der Waals surface area (Å²) < 4.78 is 43.5. The van der Waals surface area contributed by atoms with E-state index in [0.717, 1.165) is 10.9 Å². The highest BCUT2D eigenvalue weighted by molar-refractivity contribution is 7.09. The molecule has 20 heavy (non-hydrogen) atoms. The van der Waals surface area contributed by atoms with Gasteiger partial charge >= 0.3 is 6.18 Å². The highest BCUT2D eigenvalue weighted by Gasteiger charge is 2.34. The fourth-order valence-corrected chi connectivity index (χ4v) is 2.04. The lowest BCUT2D eigenvalue weighted by Gasteiger charge is -2.11. The van der Waals surface area contributed by atoms with Crippen molar-refractivity contribution in [3.63, 3.8) is 0 Å². The Labute approximate surface area is 117 Å². The molecule has 0 aliphatic rings. The van der Waals surface area contributed by atoms with E-state index in [9.17, 15) is 13.2 Å². The first-order valence-corrected chi connectivity index (χ1v) is 6.72. The van der Waals surface area contributed by atoms with Gasteiger partial charge in [-0.25, -0.2) is 4.98 Å². The number of anilines is 1. The van der Waals surface area contributed by atoms with E-state index in [0.29, 0.717) is 6.54 Å². The zero-order valence-corrected chi connectivity index (χ0v) is 11.4. The molecule has 0 amide bonds. The van der Waals surface area contributed by atoms with Crippen molar-refractivity contribution < 1.29 is 17.9 Å². The van der Waals surface area contributed by atoms with Crippen LogP contribution in [0.3, 0.4) is 0 Å². The van der Waals surface area contributed by atoms with Crippen LogP contribution in [-0.2, 0) is 12.8 Å². The third-order valence-electron chi connectivity index (χ3n) is 2.27. The molecule has 0 atom stereocenters. The summed E-state index contributed by atoms with van der Waals surface area (Å²) in [5, 5.41) is 4.52. The number of ether oxygens (including phenoxy) is 1. The third-order valence-corrected chi connectivity index (χ3v) is 3.12. The molecule has 0 fully saturated rings. The standard InChI is InChI=1S/C12H12F3N3OS/c1-2-16-11-17-9(12(13,14)15)6-10(18-11)19-7-8-4-3-5-20-8/h3-6H,2,7H2,1H3,(H,16,17,18). The fraction of sp³-hybridized carbons (Fsp3) is 0.333. The highest BCUT2D eigenvalue weighted by atomic mass is 32.1. The van der Waals surface area contributed by atoms with Crippen molar-refractivity contribution >= 4 is 17.3 Å². The molecule has 0 radical (unpaired) electrons. The second-order valence-electron chi connectivity index (χ2n) is 3.81. The maximum atomic E-state index is 12.7. The summed E-state index contributed by atoms with van der Waals surface area (Å²) in [5.41, 5.74) is -1.02. The van der Waals surface area contributed by atoms with Crippen LogP contribution in [0.5, 0.6) is 5.88 Å². The molecule has 1 N–H and O–H groups in total. The van der Waals surface area contributed by atoms with Crippen LogP contribution in [0, 0.1) is 0 Å². The van der Waals surface area contributed by atoms with Crippen LogP contribution in [0.2, 0.25) is 0 Å². The van der Waals surface area contributed by atoms with Crippen molar-refractivity contribution in [1.82, 2.24) is 9.97 Å². The van der Waals surface area contributed by atoms with Crippen LogP contribution in [0.25, 0.3) is 0 Å². The average molecular weight is 303 g/mol. The largest absolute Gasteiger partial charge is 0.472 e. The number of rotatable bonds is 5. The van der Waals surface area contributed by atoms with Crippen molar-refractivity contribution in [1.29, 1.82) is 0 Å². The first kappa shape index (κ1) is 14.6. The number of thiophene rings is 1. The predicted molar refractivity (Wildman–Crippen MR) is 69.8 cm³/mol. The number of hydrogen-bond acceptors (Lipinski definition) is 5. The second kappa shape index (κ2) is 6.08. The minimum absolute atomic E-state index is 0.0940. The van der Waals surface area contributed by atoms with Gasteiger partial charge in [-0.15, -0.1) is 11.3 Å². The maximum Gasteiger partial charge on any atom is 0.433 e. The molecule has 0 saturated carbocycles. The molecule has 2 heterocycles. The monoisotopic (exact) mass is 303 g/mol. The first-order valence-electron chi connectivity index (χ1n) is 5.84. The van der Waals surface area contributed by atoms with Gasteiger partial charge in [0.1, 0.15) is 6.61 Å². The van der Waals surface area contributed by atoms with Gasteiger partial charge in [0, 0.05) is 17.5 Å². The molecule has 0 aromatic carbocycles. The summed E-state index contributed by atoms with van der Waals surface area (Å²) in [6, 6.07) is 4.48. The minimum atomic E-state index is -4.53. The molecule has 4 nitrogen and oxygen atoms in total. The van der Waals surface area contributed by atoms with Crippen molar-refractivity contribution in [2.75, 3.05) is 11.9 Å². The van der Waals surface area contributed by atoms with Crippen LogP contribution >= 0.6 is 11.3 Å². The molecule has 2 aromatic heterocycles. The summed E-state index contributed by atoms with van der Waals surface area (Å²) >= 11 is 1.46. The Bertz CT molecular complexity index is 558. The smallest absolute Gasteiger partial charge is 0.433 e. The molecule has 0 aliphatic carbocycles. The lowest BCUT2D eigenvalue weighted by atomic mass is 10.4. The van der Waals surface area contributed by atoms with E-state index < -0.39 is 11.9 Å². The summed E-state index contributed by atoms with van der Waals surface area (Å²) in [6.45, 7) is 2.35. The van der Waals surface area contributed by atoms with E-state index >= 15 is 0 Å². The molecule has 0 saturated heterocycles. The summed E-state index contributed by atoms with van der Waals surface area (Å²) in [7, 11) is 0. The van der Waals surface area contributed by atoms with E-state index in [2.05, 4.69) is 15.3 Å².